The molecular weight excluding hydrogens is 466 g/mol. The zero-order valence-electron chi connectivity index (χ0n) is 17.1. The molecule has 0 amide bonds. The number of nitrogens with one attached hydrogen (secondary N) is 3. The van der Waals surface area contributed by atoms with Crippen molar-refractivity contribution in [2.75, 3.05) is 24.4 Å². The summed E-state index contributed by atoms with van der Waals surface area (Å²) >= 11 is 6.73. The van der Waals surface area contributed by atoms with Crippen LogP contribution in [0, 0.1) is 10.9 Å². The van der Waals surface area contributed by atoms with E-state index in [2.05, 4.69) is 20.3 Å². The van der Waals surface area contributed by atoms with Gasteiger partial charge in [0.1, 0.15) is 10.7 Å². The lowest BCUT2D eigenvalue weighted by atomic mass is 10.1. The van der Waals surface area contributed by atoms with Gasteiger partial charge in [-0.15, -0.1) is 0 Å². The summed E-state index contributed by atoms with van der Waals surface area (Å²) in [4.78, 5) is 3.00. The highest BCUT2D eigenvalue weighted by atomic mass is 35.5. The maximum absolute atomic E-state index is 14.5. The van der Waals surface area contributed by atoms with Crippen LogP contribution >= 0.6 is 22.9 Å². The maximum Gasteiger partial charge on any atom is 0.266 e. The van der Waals surface area contributed by atoms with Crippen molar-refractivity contribution in [1.82, 2.24) is 15.6 Å². The van der Waals surface area contributed by atoms with Crippen LogP contribution in [0.15, 0.2) is 23.2 Å². The van der Waals surface area contributed by atoms with Crippen LogP contribution in [0.5, 0.6) is 0 Å². The third kappa shape index (κ3) is 7.35. The van der Waals surface area contributed by atoms with E-state index in [1.807, 2.05) is 0 Å². The molecule has 0 spiro atoms. The van der Waals surface area contributed by atoms with Crippen LogP contribution in [0.3, 0.4) is 0 Å². The molecule has 1 atom stereocenters. The Kier molecular flexibility index (Phi) is 9.03. The van der Waals surface area contributed by atoms with Gasteiger partial charge in [0.2, 0.25) is 0 Å². The van der Waals surface area contributed by atoms with E-state index < -0.39 is 25.9 Å². The number of nitrogens with zero attached hydrogens (tertiary/aromatic N) is 1. The summed E-state index contributed by atoms with van der Waals surface area (Å²) < 4.78 is 54.4. The number of aryl methyl sites for hydroxylation is 1. The van der Waals surface area contributed by atoms with Crippen molar-refractivity contribution in [3.8, 4) is 0 Å². The highest BCUT2D eigenvalue weighted by Gasteiger charge is 2.23. The number of hydrogen-bond donors (Lipinski definition) is 3. The first kappa shape index (κ1) is 24.3. The molecule has 172 valence electrons. The highest BCUT2D eigenvalue weighted by Crippen LogP contribution is 2.28. The molecule has 0 bridgehead atoms. The first-order valence-electron chi connectivity index (χ1n) is 10.4. The fourth-order valence-corrected chi connectivity index (χ4v) is 5.78. The molecule has 0 radical (unpaired) electrons. The first-order valence-corrected chi connectivity index (χ1v) is 13.1. The second-order valence-electron chi connectivity index (χ2n) is 7.59. The van der Waals surface area contributed by atoms with Crippen LogP contribution < -0.4 is 15.4 Å². The molecule has 6 nitrogen and oxygen atoms in total. The Bertz CT molecular complexity index is 966. The van der Waals surface area contributed by atoms with Crippen molar-refractivity contribution in [3.63, 3.8) is 0 Å². The van der Waals surface area contributed by atoms with Gasteiger partial charge in [-0.1, -0.05) is 29.4 Å². The zero-order chi connectivity index (χ0) is 22.3. The van der Waals surface area contributed by atoms with Gasteiger partial charge in [-0.25, -0.2) is 17.8 Å². The van der Waals surface area contributed by atoms with Crippen LogP contribution in [0.2, 0.25) is 5.02 Å². The van der Waals surface area contributed by atoms with Crippen LogP contribution in [0.1, 0.15) is 44.1 Å². The van der Waals surface area contributed by atoms with E-state index in [1.165, 1.54) is 12.8 Å². The van der Waals surface area contributed by atoms with Gasteiger partial charge in [-0.2, -0.15) is 4.39 Å². The minimum Gasteiger partial charge on any atom is -0.317 e. The molecule has 0 aliphatic carbocycles. The monoisotopic (exact) mass is 492 g/mol. The average molecular weight is 493 g/mol. The predicted molar refractivity (Wildman–Crippen MR) is 120 cm³/mol. The summed E-state index contributed by atoms with van der Waals surface area (Å²) in [6.07, 6.45) is 7.93. The Morgan fingerprint density at radius 3 is 2.77 bits per heavy atom. The number of aromatic nitrogens is 1. The Labute approximate surface area is 190 Å². The molecule has 2 aromatic rings. The van der Waals surface area contributed by atoms with Crippen LogP contribution in [0.4, 0.5) is 13.9 Å². The number of sulfonamides is 1. The summed E-state index contributed by atoms with van der Waals surface area (Å²) in [5.74, 6) is -0.897. The van der Waals surface area contributed by atoms with Gasteiger partial charge in [0.05, 0.1) is 6.20 Å². The average Bonchev–Trinajstić information content (AvgIpc) is 3.37. The fraction of sp³-hybridized carbons (Fsp3) is 0.550. The Balaban J connectivity index is 1.43. The number of unbranched alkanes of at least 4 members (excludes halogenated alkanes) is 2. The lowest BCUT2D eigenvalue weighted by molar-refractivity contribution is 0.513. The van der Waals surface area contributed by atoms with Crippen molar-refractivity contribution >= 4 is 38.1 Å². The van der Waals surface area contributed by atoms with Crippen LogP contribution in [-0.2, 0) is 16.4 Å². The van der Waals surface area contributed by atoms with E-state index >= 15 is 0 Å². The van der Waals surface area contributed by atoms with E-state index in [0.717, 1.165) is 63.6 Å². The second kappa shape index (κ2) is 11.5. The van der Waals surface area contributed by atoms with E-state index in [4.69, 9.17) is 11.6 Å². The van der Waals surface area contributed by atoms with E-state index in [0.29, 0.717) is 29.4 Å². The Morgan fingerprint density at radius 2 is 2.06 bits per heavy atom. The number of thiazole rings is 1. The van der Waals surface area contributed by atoms with Crippen molar-refractivity contribution < 1.29 is 17.2 Å². The second-order valence-corrected chi connectivity index (χ2v) is 10.6. The number of rotatable bonds is 12. The van der Waals surface area contributed by atoms with E-state index in [9.17, 15) is 17.2 Å². The summed E-state index contributed by atoms with van der Waals surface area (Å²) in [6.45, 7) is 3.07. The molecule has 1 saturated heterocycles. The summed E-state index contributed by atoms with van der Waals surface area (Å²) in [5, 5.41) is 6.30. The quantitative estimate of drug-likeness (QED) is 0.384. The molecule has 0 saturated carbocycles. The maximum atomic E-state index is 14.5. The first-order chi connectivity index (χ1) is 14.8. The van der Waals surface area contributed by atoms with Gasteiger partial charge >= 0.3 is 0 Å². The lowest BCUT2D eigenvalue weighted by Gasteiger charge is -2.11. The van der Waals surface area contributed by atoms with Crippen molar-refractivity contribution in [2.45, 2.75) is 55.9 Å². The fourth-order valence-electron chi connectivity index (χ4n) is 3.59. The SMILES string of the molecule is O=S(=O)(Nc1ncc(F)s1)c1cc(Cl)c(CCCCCNCC[C@@H]2CCCN2)cc1F. The topological polar surface area (TPSA) is 83.1 Å². The normalized spacial score (nSPS) is 16.7. The smallest absolute Gasteiger partial charge is 0.266 e. The third-order valence-electron chi connectivity index (χ3n) is 5.22. The van der Waals surface area contributed by atoms with Gasteiger partial charge < -0.3 is 10.6 Å². The largest absolute Gasteiger partial charge is 0.317 e. The molecule has 0 unspecified atom stereocenters. The van der Waals surface area contributed by atoms with Gasteiger partial charge in [-0.05, 0) is 75.9 Å². The Hall–Kier alpha value is -1.33. The molecule has 1 aromatic carbocycles. The van der Waals surface area contributed by atoms with Gasteiger partial charge in [0, 0.05) is 11.1 Å². The molecule has 3 rings (SSSR count). The number of hydrogen-bond acceptors (Lipinski definition) is 6. The molecule has 1 fully saturated rings. The lowest BCUT2D eigenvalue weighted by Crippen LogP contribution is -2.27. The number of anilines is 1. The molecule has 3 N–H and O–H groups in total. The molecule has 2 heterocycles. The number of benzene rings is 1. The number of halogens is 3. The van der Waals surface area contributed by atoms with Crippen LogP contribution in [0.25, 0.3) is 0 Å². The molecule has 11 heteroatoms. The van der Waals surface area contributed by atoms with Crippen LogP contribution in [-0.4, -0.2) is 39.1 Å². The predicted octanol–water partition coefficient (Wildman–Crippen LogP) is 4.32. The van der Waals surface area contributed by atoms with E-state index in [-0.39, 0.29) is 10.2 Å². The van der Waals surface area contributed by atoms with Crippen molar-refractivity contribution in [3.05, 3.63) is 39.9 Å². The summed E-state index contributed by atoms with van der Waals surface area (Å²) in [5.41, 5.74) is 0.568. The summed E-state index contributed by atoms with van der Waals surface area (Å²) in [7, 11) is -4.26. The summed E-state index contributed by atoms with van der Waals surface area (Å²) in [6, 6.07) is 2.90. The minimum absolute atomic E-state index is 0.176. The zero-order valence-corrected chi connectivity index (χ0v) is 19.5. The molecule has 31 heavy (non-hydrogen) atoms. The molecule has 1 aromatic heterocycles. The third-order valence-corrected chi connectivity index (χ3v) is 7.76. The van der Waals surface area contributed by atoms with Gasteiger partial charge in [0.15, 0.2) is 10.3 Å². The molecule has 1 aliphatic heterocycles. The van der Waals surface area contributed by atoms with Gasteiger partial charge in [-0.3, -0.25) is 4.72 Å². The Morgan fingerprint density at radius 1 is 1.23 bits per heavy atom. The minimum atomic E-state index is -4.26. The van der Waals surface area contributed by atoms with Crippen molar-refractivity contribution in [2.24, 2.45) is 0 Å². The van der Waals surface area contributed by atoms with E-state index in [1.54, 1.807) is 0 Å². The van der Waals surface area contributed by atoms with Crippen molar-refractivity contribution in [1.29, 1.82) is 0 Å². The van der Waals surface area contributed by atoms with Gasteiger partial charge in [0.25, 0.3) is 10.0 Å². The standard InChI is InChI=1S/C20H27ClF2N4O2S2/c21-16-12-18(31(28,29)27-20-26-13-19(23)30-20)17(22)11-14(16)5-2-1-3-8-24-10-7-15-6-4-9-25-15/h11-13,15,24-25H,1-10H2,(H,26,27)/t15-/m0/s1. The molecular formula is C20H27ClF2N4O2S2. The molecule has 1 aliphatic rings. The highest BCUT2D eigenvalue weighted by molar-refractivity contribution is 7.93.